The molecule has 148 valence electrons. The van der Waals surface area contributed by atoms with E-state index >= 15 is 0 Å². The van der Waals surface area contributed by atoms with E-state index in [4.69, 9.17) is 0 Å². The van der Waals surface area contributed by atoms with Crippen LogP contribution in [0.15, 0.2) is 48.5 Å². The summed E-state index contributed by atoms with van der Waals surface area (Å²) in [5.41, 5.74) is 3.67. The van der Waals surface area contributed by atoms with E-state index in [9.17, 15) is 9.59 Å². The van der Waals surface area contributed by atoms with Gasteiger partial charge in [-0.25, -0.2) is 0 Å². The Morgan fingerprint density at radius 3 is 2.21 bits per heavy atom. The average Bonchev–Trinajstić information content (AvgIpc) is 2.69. The Labute approximate surface area is 166 Å². The molecule has 0 spiro atoms. The zero-order valence-electron chi connectivity index (χ0n) is 16.6. The largest absolute Gasteiger partial charge is 0.369 e. The van der Waals surface area contributed by atoms with Crippen molar-refractivity contribution in [1.29, 1.82) is 0 Å². The number of aryl methyl sites for hydroxylation is 1. The van der Waals surface area contributed by atoms with Crippen LogP contribution >= 0.6 is 0 Å². The molecule has 2 amide bonds. The molecule has 0 radical (unpaired) electrons. The summed E-state index contributed by atoms with van der Waals surface area (Å²) in [4.78, 5) is 29.0. The number of carbonyl (C=O) groups excluding carboxylic acids is 2. The van der Waals surface area contributed by atoms with Gasteiger partial charge in [-0.05, 0) is 49.4 Å². The van der Waals surface area contributed by atoms with Gasteiger partial charge in [-0.3, -0.25) is 9.59 Å². The summed E-state index contributed by atoms with van der Waals surface area (Å²) in [5.74, 6) is -0.633. The number of piperazine rings is 1. The summed E-state index contributed by atoms with van der Waals surface area (Å²) in [5, 5.41) is 5.62. The van der Waals surface area contributed by atoms with Crippen LogP contribution in [0.5, 0.6) is 0 Å². The molecule has 2 N–H and O–H groups in total. The Morgan fingerprint density at radius 1 is 0.893 bits per heavy atom. The number of anilines is 3. The standard InChI is InChI=1S/C22H28N4O2/c1-3-17-6-4-5-7-20(17)24-22(28)16-21(27)23-18-8-10-19(11-9-18)26-14-12-25(2)13-15-26/h4-11H,3,12-16H2,1-2H3,(H,23,27)(H,24,28). The van der Waals surface area contributed by atoms with Gasteiger partial charge in [-0.1, -0.05) is 25.1 Å². The summed E-state index contributed by atoms with van der Waals surface area (Å²) in [6.45, 7) is 6.14. The van der Waals surface area contributed by atoms with Crippen molar-refractivity contribution in [2.45, 2.75) is 19.8 Å². The summed E-state index contributed by atoms with van der Waals surface area (Å²) in [7, 11) is 2.13. The Bertz CT molecular complexity index is 812. The van der Waals surface area contributed by atoms with Crippen molar-refractivity contribution in [3.05, 3.63) is 54.1 Å². The molecule has 1 fully saturated rings. The van der Waals surface area contributed by atoms with Gasteiger partial charge in [-0.2, -0.15) is 0 Å². The highest BCUT2D eigenvalue weighted by Crippen LogP contribution is 2.20. The van der Waals surface area contributed by atoms with Gasteiger partial charge in [0.1, 0.15) is 6.42 Å². The number of amides is 2. The molecule has 0 saturated carbocycles. The molecule has 1 aliphatic heterocycles. The number of hydrogen-bond donors (Lipinski definition) is 2. The van der Waals surface area contributed by atoms with Crippen LogP contribution in [0.1, 0.15) is 18.9 Å². The van der Waals surface area contributed by atoms with E-state index in [1.807, 2.05) is 55.5 Å². The van der Waals surface area contributed by atoms with Gasteiger partial charge in [0.15, 0.2) is 0 Å². The van der Waals surface area contributed by atoms with Crippen molar-refractivity contribution in [3.8, 4) is 0 Å². The van der Waals surface area contributed by atoms with Crippen molar-refractivity contribution < 1.29 is 9.59 Å². The van der Waals surface area contributed by atoms with Crippen molar-refractivity contribution in [3.63, 3.8) is 0 Å². The van der Waals surface area contributed by atoms with Gasteiger partial charge in [0.05, 0.1) is 0 Å². The van der Waals surface area contributed by atoms with Gasteiger partial charge < -0.3 is 20.4 Å². The number of rotatable bonds is 6. The first kappa shape index (κ1) is 19.9. The first-order valence-electron chi connectivity index (χ1n) is 9.76. The summed E-state index contributed by atoms with van der Waals surface area (Å²) >= 11 is 0. The molecule has 0 atom stereocenters. The molecule has 0 unspecified atom stereocenters. The summed E-state index contributed by atoms with van der Waals surface area (Å²) in [6.07, 6.45) is 0.612. The van der Waals surface area contributed by atoms with Gasteiger partial charge >= 0.3 is 0 Å². The maximum Gasteiger partial charge on any atom is 0.233 e. The lowest BCUT2D eigenvalue weighted by Gasteiger charge is -2.34. The first-order valence-corrected chi connectivity index (χ1v) is 9.76. The quantitative estimate of drug-likeness (QED) is 0.757. The SMILES string of the molecule is CCc1ccccc1NC(=O)CC(=O)Nc1ccc(N2CCN(C)CC2)cc1. The van der Waals surface area contributed by atoms with Crippen LogP contribution in [0.3, 0.4) is 0 Å². The van der Waals surface area contributed by atoms with Crippen LogP contribution in [0.2, 0.25) is 0 Å². The number of carbonyl (C=O) groups is 2. The average molecular weight is 380 g/mol. The molecule has 1 saturated heterocycles. The molecule has 6 heteroatoms. The van der Waals surface area contributed by atoms with E-state index in [1.54, 1.807) is 0 Å². The van der Waals surface area contributed by atoms with Crippen molar-refractivity contribution >= 4 is 28.9 Å². The van der Waals surface area contributed by atoms with Crippen molar-refractivity contribution in [2.24, 2.45) is 0 Å². The number of benzene rings is 2. The predicted octanol–water partition coefficient (Wildman–Crippen LogP) is 2.97. The Morgan fingerprint density at radius 2 is 1.54 bits per heavy atom. The molecule has 0 aliphatic carbocycles. The van der Waals surface area contributed by atoms with E-state index in [1.165, 1.54) is 0 Å². The molecule has 2 aromatic carbocycles. The van der Waals surface area contributed by atoms with Gasteiger partial charge in [0, 0.05) is 43.2 Å². The lowest BCUT2D eigenvalue weighted by atomic mass is 10.1. The Hall–Kier alpha value is -2.86. The number of nitrogens with one attached hydrogen (secondary N) is 2. The van der Waals surface area contributed by atoms with E-state index in [0.717, 1.165) is 49.5 Å². The monoisotopic (exact) mass is 380 g/mol. The topological polar surface area (TPSA) is 64.7 Å². The molecular formula is C22H28N4O2. The highest BCUT2D eigenvalue weighted by Gasteiger charge is 2.15. The van der Waals surface area contributed by atoms with Gasteiger partial charge in [0.25, 0.3) is 0 Å². The van der Waals surface area contributed by atoms with E-state index in [0.29, 0.717) is 5.69 Å². The minimum Gasteiger partial charge on any atom is -0.369 e. The normalized spacial score (nSPS) is 14.6. The van der Waals surface area contributed by atoms with E-state index in [-0.39, 0.29) is 18.2 Å². The second-order valence-corrected chi connectivity index (χ2v) is 7.12. The van der Waals surface area contributed by atoms with Crippen LogP contribution in [-0.2, 0) is 16.0 Å². The first-order chi connectivity index (χ1) is 13.5. The zero-order valence-corrected chi connectivity index (χ0v) is 16.6. The fourth-order valence-electron chi connectivity index (χ4n) is 3.32. The van der Waals surface area contributed by atoms with E-state index < -0.39 is 0 Å². The predicted molar refractivity (Wildman–Crippen MR) is 114 cm³/mol. The third kappa shape index (κ3) is 5.33. The van der Waals surface area contributed by atoms with Crippen LogP contribution < -0.4 is 15.5 Å². The molecule has 0 bridgehead atoms. The lowest BCUT2D eigenvalue weighted by Crippen LogP contribution is -2.44. The van der Waals surface area contributed by atoms with Gasteiger partial charge in [-0.15, -0.1) is 0 Å². The number of para-hydroxylation sites is 1. The Balaban J connectivity index is 1.51. The summed E-state index contributed by atoms with van der Waals surface area (Å²) < 4.78 is 0. The number of likely N-dealkylation sites (N-methyl/N-ethyl adjacent to an activating group) is 1. The fraction of sp³-hybridized carbons (Fsp3) is 0.364. The second kappa shape index (κ2) is 9.37. The number of nitrogens with zero attached hydrogens (tertiary/aromatic N) is 2. The minimum atomic E-state index is -0.321. The van der Waals surface area contributed by atoms with Crippen LogP contribution in [-0.4, -0.2) is 49.9 Å². The highest BCUT2D eigenvalue weighted by molar-refractivity contribution is 6.08. The van der Waals surface area contributed by atoms with Crippen molar-refractivity contribution in [1.82, 2.24) is 4.90 Å². The number of hydrogen-bond acceptors (Lipinski definition) is 4. The molecule has 1 heterocycles. The minimum absolute atomic E-state index is 0.210. The lowest BCUT2D eigenvalue weighted by molar-refractivity contribution is -0.123. The van der Waals surface area contributed by atoms with Crippen molar-refractivity contribution in [2.75, 3.05) is 48.8 Å². The molecule has 3 rings (SSSR count). The van der Waals surface area contributed by atoms with Crippen LogP contribution in [0.25, 0.3) is 0 Å². The third-order valence-electron chi connectivity index (χ3n) is 5.01. The maximum absolute atomic E-state index is 12.2. The molecule has 2 aromatic rings. The molecule has 0 aromatic heterocycles. The van der Waals surface area contributed by atoms with Crippen LogP contribution in [0.4, 0.5) is 17.1 Å². The smallest absolute Gasteiger partial charge is 0.233 e. The Kier molecular flexibility index (Phi) is 6.66. The highest BCUT2D eigenvalue weighted by atomic mass is 16.2. The second-order valence-electron chi connectivity index (χ2n) is 7.12. The zero-order chi connectivity index (χ0) is 19.9. The summed E-state index contributed by atoms with van der Waals surface area (Å²) in [6, 6.07) is 15.4. The molecular weight excluding hydrogens is 352 g/mol. The van der Waals surface area contributed by atoms with E-state index in [2.05, 4.69) is 27.5 Å². The molecule has 6 nitrogen and oxygen atoms in total. The molecule has 28 heavy (non-hydrogen) atoms. The molecule has 1 aliphatic rings. The third-order valence-corrected chi connectivity index (χ3v) is 5.01. The maximum atomic E-state index is 12.2. The fourth-order valence-corrected chi connectivity index (χ4v) is 3.32. The van der Waals surface area contributed by atoms with Gasteiger partial charge in [0.2, 0.25) is 11.8 Å². The van der Waals surface area contributed by atoms with Crippen LogP contribution in [0, 0.1) is 0 Å².